The second kappa shape index (κ2) is 6.98. The first-order chi connectivity index (χ1) is 11.8. The van der Waals surface area contributed by atoms with Crippen LogP contribution < -0.4 is 0 Å². The predicted octanol–water partition coefficient (Wildman–Crippen LogP) is 5.48. The number of carbonyl (C=O) groups is 1. The number of rotatable bonds is 5. The lowest BCUT2D eigenvalue weighted by Crippen LogP contribution is -2.51. The number of hydrogen-bond acceptors (Lipinski definition) is 2. The van der Waals surface area contributed by atoms with Gasteiger partial charge in [-0.05, 0) is 84.9 Å². The van der Waals surface area contributed by atoms with Gasteiger partial charge in [-0.2, -0.15) is 0 Å². The molecule has 0 heterocycles. The lowest BCUT2D eigenvalue weighted by Gasteiger charge is -2.58. The van der Waals surface area contributed by atoms with Gasteiger partial charge in [0.2, 0.25) is 0 Å². The monoisotopic (exact) mass is 348 g/mol. The van der Waals surface area contributed by atoms with Crippen LogP contribution in [0.5, 0.6) is 0 Å². The predicted molar refractivity (Wildman–Crippen MR) is 103 cm³/mol. The molecule has 144 valence electrons. The van der Waals surface area contributed by atoms with E-state index in [0.29, 0.717) is 47.4 Å². The van der Waals surface area contributed by atoms with Crippen molar-refractivity contribution in [1.82, 2.24) is 0 Å². The Morgan fingerprint density at radius 3 is 2.44 bits per heavy atom. The Bertz CT molecular complexity index is 496. The first kappa shape index (κ1) is 19.4. The molecule has 0 aliphatic heterocycles. The van der Waals surface area contributed by atoms with Gasteiger partial charge in [0.15, 0.2) is 0 Å². The number of ketones is 1. The van der Waals surface area contributed by atoms with Crippen molar-refractivity contribution in [3.8, 4) is 0 Å². The SMILES string of the molecule is CCC(=O)CC1CCC2C(CCC3(C)C(C(C)CO)CCC23)C1(C)C. The highest BCUT2D eigenvalue weighted by molar-refractivity contribution is 5.78. The van der Waals surface area contributed by atoms with E-state index in [1.54, 1.807) is 0 Å². The third-order valence-electron chi connectivity index (χ3n) is 9.21. The maximum Gasteiger partial charge on any atom is 0.132 e. The van der Waals surface area contributed by atoms with Gasteiger partial charge in [-0.1, -0.05) is 34.6 Å². The van der Waals surface area contributed by atoms with Crippen molar-refractivity contribution in [1.29, 1.82) is 0 Å². The number of Topliss-reactive ketones (excluding diaryl/α,β-unsaturated/α-hetero) is 1. The fourth-order valence-corrected chi connectivity index (χ4v) is 7.57. The van der Waals surface area contributed by atoms with Crippen LogP contribution in [-0.2, 0) is 4.79 Å². The summed E-state index contributed by atoms with van der Waals surface area (Å²) in [5, 5.41) is 9.73. The van der Waals surface area contributed by atoms with Crippen LogP contribution in [0.2, 0.25) is 0 Å². The molecule has 3 fully saturated rings. The lowest BCUT2D eigenvalue weighted by molar-refractivity contribution is -0.126. The van der Waals surface area contributed by atoms with Crippen molar-refractivity contribution in [2.75, 3.05) is 6.61 Å². The van der Waals surface area contributed by atoms with E-state index in [1.807, 2.05) is 6.92 Å². The molecule has 3 saturated carbocycles. The van der Waals surface area contributed by atoms with Crippen molar-refractivity contribution >= 4 is 5.78 Å². The highest BCUT2D eigenvalue weighted by Crippen LogP contribution is 2.66. The summed E-state index contributed by atoms with van der Waals surface area (Å²) in [6.07, 6.45) is 9.40. The van der Waals surface area contributed by atoms with Crippen LogP contribution in [0.3, 0.4) is 0 Å². The van der Waals surface area contributed by atoms with Crippen LogP contribution in [-0.4, -0.2) is 17.5 Å². The zero-order valence-electron chi connectivity index (χ0n) is 17.2. The van der Waals surface area contributed by atoms with E-state index < -0.39 is 0 Å². The van der Waals surface area contributed by atoms with Crippen molar-refractivity contribution < 1.29 is 9.90 Å². The Kier molecular flexibility index (Phi) is 5.42. The molecule has 0 aromatic carbocycles. The summed E-state index contributed by atoms with van der Waals surface area (Å²) < 4.78 is 0. The molecule has 2 nitrogen and oxygen atoms in total. The van der Waals surface area contributed by atoms with E-state index in [2.05, 4.69) is 27.7 Å². The van der Waals surface area contributed by atoms with E-state index in [0.717, 1.165) is 24.2 Å². The van der Waals surface area contributed by atoms with E-state index in [1.165, 1.54) is 38.5 Å². The minimum Gasteiger partial charge on any atom is -0.396 e. The third-order valence-corrected chi connectivity index (χ3v) is 9.21. The molecule has 3 rings (SSSR count). The Morgan fingerprint density at radius 1 is 1.08 bits per heavy atom. The lowest BCUT2D eigenvalue weighted by atomic mass is 9.46. The first-order valence-electron chi connectivity index (χ1n) is 10.9. The van der Waals surface area contributed by atoms with Crippen molar-refractivity contribution in [3.05, 3.63) is 0 Å². The number of hydrogen-bond donors (Lipinski definition) is 1. The molecule has 3 aliphatic carbocycles. The molecule has 25 heavy (non-hydrogen) atoms. The van der Waals surface area contributed by atoms with Gasteiger partial charge >= 0.3 is 0 Å². The average molecular weight is 349 g/mol. The van der Waals surface area contributed by atoms with Crippen LogP contribution in [0.15, 0.2) is 0 Å². The molecule has 2 heteroatoms. The fourth-order valence-electron chi connectivity index (χ4n) is 7.57. The molecule has 0 saturated heterocycles. The van der Waals surface area contributed by atoms with E-state index in [4.69, 9.17) is 0 Å². The molecule has 0 bridgehead atoms. The summed E-state index contributed by atoms with van der Waals surface area (Å²) in [5.74, 6) is 4.65. The molecule has 0 spiro atoms. The summed E-state index contributed by atoms with van der Waals surface area (Å²) in [4.78, 5) is 12.1. The molecule has 0 aromatic rings. The highest BCUT2D eigenvalue weighted by Gasteiger charge is 2.58. The van der Waals surface area contributed by atoms with Crippen LogP contribution >= 0.6 is 0 Å². The maximum absolute atomic E-state index is 12.1. The molecule has 7 atom stereocenters. The minimum absolute atomic E-state index is 0.301. The average Bonchev–Trinajstić information content (AvgIpc) is 2.93. The van der Waals surface area contributed by atoms with Gasteiger partial charge in [0.25, 0.3) is 0 Å². The van der Waals surface area contributed by atoms with Crippen LogP contribution in [0.4, 0.5) is 0 Å². The van der Waals surface area contributed by atoms with E-state index in [-0.39, 0.29) is 0 Å². The normalized spacial score (nSPS) is 44.0. The van der Waals surface area contributed by atoms with Gasteiger partial charge in [0.05, 0.1) is 0 Å². The first-order valence-corrected chi connectivity index (χ1v) is 10.9. The Balaban J connectivity index is 1.79. The van der Waals surface area contributed by atoms with Gasteiger partial charge in [-0.25, -0.2) is 0 Å². The maximum atomic E-state index is 12.1. The van der Waals surface area contributed by atoms with Crippen molar-refractivity contribution in [2.24, 2.45) is 46.3 Å². The number of fused-ring (bicyclic) bond motifs is 3. The molecule has 7 unspecified atom stereocenters. The third kappa shape index (κ3) is 3.11. The number of carbonyl (C=O) groups excluding carboxylic acids is 1. The molecule has 0 radical (unpaired) electrons. The zero-order chi connectivity index (χ0) is 18.4. The Morgan fingerprint density at radius 2 is 1.80 bits per heavy atom. The van der Waals surface area contributed by atoms with Crippen LogP contribution in [0.1, 0.15) is 86.0 Å². The summed E-state index contributed by atoms with van der Waals surface area (Å²) >= 11 is 0. The van der Waals surface area contributed by atoms with Gasteiger partial charge < -0.3 is 5.11 Å². The molecule has 0 amide bonds. The minimum atomic E-state index is 0.301. The van der Waals surface area contributed by atoms with Crippen LogP contribution in [0, 0.1) is 46.3 Å². The summed E-state index contributed by atoms with van der Waals surface area (Å²) in [5.41, 5.74) is 0.737. The quantitative estimate of drug-likeness (QED) is 0.714. The molecule has 0 aromatic heterocycles. The number of aliphatic hydroxyl groups is 1. The summed E-state index contributed by atoms with van der Waals surface area (Å²) in [6.45, 7) is 12.1. The Labute approximate surface area is 155 Å². The molecular formula is C23H40O2. The second-order valence-corrected chi connectivity index (χ2v) is 10.5. The molecular weight excluding hydrogens is 308 g/mol. The zero-order valence-corrected chi connectivity index (χ0v) is 17.2. The fraction of sp³-hybridized carbons (Fsp3) is 0.957. The van der Waals surface area contributed by atoms with Gasteiger partial charge in [0.1, 0.15) is 5.78 Å². The van der Waals surface area contributed by atoms with E-state index >= 15 is 0 Å². The standard InChI is InChI=1S/C23H40O2/c1-6-17(25)13-16-7-8-18-20(22(16,3)4)11-12-23(5)19(15(2)14-24)9-10-21(18)23/h15-16,18-21,24H,6-14H2,1-5H3. The summed E-state index contributed by atoms with van der Waals surface area (Å²) in [6, 6.07) is 0. The second-order valence-electron chi connectivity index (χ2n) is 10.5. The Hall–Kier alpha value is -0.370. The smallest absolute Gasteiger partial charge is 0.132 e. The summed E-state index contributed by atoms with van der Waals surface area (Å²) in [7, 11) is 0. The highest BCUT2D eigenvalue weighted by atomic mass is 16.3. The van der Waals surface area contributed by atoms with Gasteiger partial charge in [-0.3, -0.25) is 4.79 Å². The van der Waals surface area contributed by atoms with Crippen LogP contribution in [0.25, 0.3) is 0 Å². The van der Waals surface area contributed by atoms with Gasteiger partial charge in [0, 0.05) is 19.4 Å². The number of aliphatic hydroxyl groups excluding tert-OH is 1. The topological polar surface area (TPSA) is 37.3 Å². The molecule has 3 aliphatic rings. The van der Waals surface area contributed by atoms with Crippen molar-refractivity contribution in [2.45, 2.75) is 86.0 Å². The van der Waals surface area contributed by atoms with Crippen molar-refractivity contribution in [3.63, 3.8) is 0 Å². The largest absolute Gasteiger partial charge is 0.396 e. The van der Waals surface area contributed by atoms with E-state index in [9.17, 15) is 9.90 Å². The van der Waals surface area contributed by atoms with Gasteiger partial charge in [-0.15, -0.1) is 0 Å². The molecule has 1 N–H and O–H groups in total.